The van der Waals surface area contributed by atoms with E-state index in [9.17, 15) is 4.79 Å². The molecule has 1 aliphatic rings. The van der Waals surface area contributed by atoms with Crippen LogP contribution in [0.15, 0.2) is 36.4 Å². The number of methoxy groups -OCH3 is 3. The van der Waals surface area contributed by atoms with Gasteiger partial charge >= 0.3 is 0 Å². The second-order valence-electron chi connectivity index (χ2n) is 9.96. The number of nitrogens with one attached hydrogen (secondary N) is 1. The maximum Gasteiger partial charge on any atom is 0.225 e. The van der Waals surface area contributed by atoms with Crippen LogP contribution in [0, 0.1) is 6.92 Å². The van der Waals surface area contributed by atoms with Crippen LogP contribution in [-0.2, 0) is 9.53 Å². The Morgan fingerprint density at radius 2 is 1.85 bits per heavy atom. The highest BCUT2D eigenvalue weighted by molar-refractivity contribution is 5.91. The van der Waals surface area contributed by atoms with Crippen molar-refractivity contribution in [2.75, 3.05) is 51.2 Å². The molecule has 5 rings (SSSR count). The summed E-state index contributed by atoms with van der Waals surface area (Å²) >= 11 is 0. The summed E-state index contributed by atoms with van der Waals surface area (Å²) in [4.78, 5) is 15.3. The van der Waals surface area contributed by atoms with Crippen LogP contribution < -0.4 is 24.9 Å². The third kappa shape index (κ3) is 5.72. The highest BCUT2D eigenvalue weighted by atomic mass is 16.5. The molecule has 0 atom stereocenters. The van der Waals surface area contributed by atoms with Gasteiger partial charge in [-0.3, -0.25) is 4.79 Å². The van der Waals surface area contributed by atoms with Crippen LogP contribution in [0.2, 0.25) is 0 Å². The molecular formula is C30H36N6O4. The van der Waals surface area contributed by atoms with Crippen LogP contribution in [-0.4, -0.2) is 66.7 Å². The van der Waals surface area contributed by atoms with Gasteiger partial charge in [0.05, 0.1) is 25.0 Å². The molecule has 3 heterocycles. The molecule has 0 unspecified atom stereocenters. The van der Waals surface area contributed by atoms with Crippen molar-refractivity contribution in [3.05, 3.63) is 52.7 Å². The second kappa shape index (κ2) is 12.3. The van der Waals surface area contributed by atoms with Crippen LogP contribution in [0.1, 0.15) is 43.2 Å². The predicted octanol–water partition coefficient (Wildman–Crippen LogP) is 4.02. The van der Waals surface area contributed by atoms with E-state index in [1.165, 1.54) is 24.9 Å². The van der Waals surface area contributed by atoms with Gasteiger partial charge in [0, 0.05) is 38.9 Å². The lowest BCUT2D eigenvalue weighted by molar-refractivity contribution is -0.116. The fourth-order valence-electron chi connectivity index (χ4n) is 5.08. The van der Waals surface area contributed by atoms with E-state index in [1.54, 1.807) is 25.8 Å². The fourth-order valence-corrected chi connectivity index (χ4v) is 5.08. The van der Waals surface area contributed by atoms with Crippen molar-refractivity contribution in [2.45, 2.75) is 39.0 Å². The van der Waals surface area contributed by atoms with Gasteiger partial charge in [0.15, 0.2) is 17.3 Å². The molecule has 210 valence electrons. The summed E-state index contributed by atoms with van der Waals surface area (Å²) in [6.45, 7) is 4.79. The molecule has 1 N–H and O–H groups in total. The number of aryl methyl sites for hydroxylation is 1. The van der Waals surface area contributed by atoms with Crippen LogP contribution in [0.3, 0.4) is 0 Å². The molecule has 0 saturated carbocycles. The molecule has 0 aliphatic carbocycles. The van der Waals surface area contributed by atoms with Gasteiger partial charge in [0.1, 0.15) is 11.5 Å². The number of fused-ring (bicyclic) bond motifs is 1. The van der Waals surface area contributed by atoms with Gasteiger partial charge in [-0.1, -0.05) is 6.07 Å². The lowest BCUT2D eigenvalue weighted by Gasteiger charge is -2.29. The molecule has 1 amide bonds. The minimum absolute atomic E-state index is 0.141. The van der Waals surface area contributed by atoms with Gasteiger partial charge in [-0.15, -0.1) is 15.3 Å². The fraction of sp³-hybridized carbons (Fsp3) is 0.400. The Morgan fingerprint density at radius 1 is 1.02 bits per heavy atom. The molecule has 0 bridgehead atoms. The lowest BCUT2D eigenvalue weighted by atomic mass is 10.0. The number of benzene rings is 2. The molecule has 1 aliphatic heterocycles. The summed E-state index contributed by atoms with van der Waals surface area (Å²) in [5.74, 6) is 2.03. The van der Waals surface area contributed by atoms with Crippen LogP contribution in [0.4, 0.5) is 11.5 Å². The topological polar surface area (TPSA) is 103 Å². The van der Waals surface area contributed by atoms with Gasteiger partial charge in [-0.25, -0.2) is 0 Å². The summed E-state index contributed by atoms with van der Waals surface area (Å²) in [6.07, 6.45) is 6.70. The zero-order chi connectivity index (χ0) is 28.1. The standard InChI is InChI=1S/C30H36N6O4/c1-20-17-22(35-14-6-5-7-15-35)11-10-21(20)18-25-28(31-27(37)9-8-16-38-2)34-36-29(32-33-30(25)36)24-19-23(39-3)12-13-26(24)40-4/h10-13,17-19H,5-9,14-16H2,1-4H3,(H,31,34,37). The van der Waals surface area contributed by atoms with E-state index < -0.39 is 0 Å². The molecule has 0 spiro atoms. The SMILES string of the molecule is COCCCC(=O)Nc1nn2c(-c3cc(OC)ccc3OC)nnc2c1=Cc1ccc(N2CCCCC2)cc1C. The maximum absolute atomic E-state index is 12.8. The molecular weight excluding hydrogens is 508 g/mol. The van der Waals surface area contributed by atoms with Crippen LogP contribution >= 0.6 is 0 Å². The third-order valence-electron chi connectivity index (χ3n) is 7.27. The number of rotatable bonds is 10. The zero-order valence-electron chi connectivity index (χ0n) is 23.6. The summed E-state index contributed by atoms with van der Waals surface area (Å²) in [7, 11) is 4.83. The first-order chi connectivity index (χ1) is 19.5. The number of hydrogen-bond donors (Lipinski definition) is 1. The molecule has 0 radical (unpaired) electrons. The summed E-state index contributed by atoms with van der Waals surface area (Å²) in [5, 5.41) is 17.4. The molecule has 1 fully saturated rings. The Hall–Kier alpha value is -4.18. The van der Waals surface area contributed by atoms with Crippen molar-refractivity contribution in [1.82, 2.24) is 19.8 Å². The normalized spacial score (nSPS) is 14.1. The molecule has 10 heteroatoms. The summed E-state index contributed by atoms with van der Waals surface area (Å²) in [5.41, 5.74) is 4.61. The molecule has 40 heavy (non-hydrogen) atoms. The molecule has 1 saturated heterocycles. The first-order valence-corrected chi connectivity index (χ1v) is 13.7. The van der Waals surface area contributed by atoms with Crippen molar-refractivity contribution >= 4 is 29.1 Å². The van der Waals surface area contributed by atoms with E-state index >= 15 is 0 Å². The van der Waals surface area contributed by atoms with Gasteiger partial charge in [-0.2, -0.15) is 4.52 Å². The van der Waals surface area contributed by atoms with Crippen molar-refractivity contribution in [2.24, 2.45) is 0 Å². The largest absolute Gasteiger partial charge is 0.497 e. The minimum atomic E-state index is -0.141. The number of amides is 1. The number of ether oxygens (including phenoxy) is 3. The predicted molar refractivity (Wildman–Crippen MR) is 155 cm³/mol. The monoisotopic (exact) mass is 544 g/mol. The van der Waals surface area contributed by atoms with Crippen LogP contribution in [0.25, 0.3) is 23.1 Å². The number of nitrogens with zero attached hydrogens (tertiary/aromatic N) is 5. The quantitative estimate of drug-likeness (QED) is 0.299. The van der Waals surface area contributed by atoms with Gasteiger partial charge < -0.3 is 24.4 Å². The highest BCUT2D eigenvalue weighted by Gasteiger charge is 2.21. The van der Waals surface area contributed by atoms with Crippen molar-refractivity contribution in [3.63, 3.8) is 0 Å². The number of piperidine rings is 1. The molecule has 2 aromatic carbocycles. The zero-order valence-corrected chi connectivity index (χ0v) is 23.6. The Kier molecular flexibility index (Phi) is 8.45. The van der Waals surface area contributed by atoms with E-state index in [1.807, 2.05) is 24.3 Å². The average molecular weight is 545 g/mol. The van der Waals surface area contributed by atoms with Gasteiger partial charge in [-0.05, 0) is 80.1 Å². The Bertz CT molecular complexity index is 1540. The Labute approximate surface area is 233 Å². The van der Waals surface area contributed by atoms with E-state index in [0.29, 0.717) is 59.0 Å². The molecule has 10 nitrogen and oxygen atoms in total. The van der Waals surface area contributed by atoms with E-state index in [0.717, 1.165) is 24.2 Å². The maximum atomic E-state index is 12.8. The highest BCUT2D eigenvalue weighted by Crippen LogP contribution is 2.32. The number of carbonyl (C=O) groups excluding carboxylic acids is 1. The van der Waals surface area contributed by atoms with E-state index in [4.69, 9.17) is 19.3 Å². The second-order valence-corrected chi connectivity index (χ2v) is 9.96. The van der Waals surface area contributed by atoms with Crippen molar-refractivity contribution in [1.29, 1.82) is 0 Å². The van der Waals surface area contributed by atoms with Crippen LogP contribution in [0.5, 0.6) is 11.5 Å². The number of aromatic nitrogens is 4. The Morgan fingerprint density at radius 3 is 2.58 bits per heavy atom. The van der Waals surface area contributed by atoms with E-state index in [-0.39, 0.29) is 5.91 Å². The van der Waals surface area contributed by atoms with E-state index in [2.05, 4.69) is 45.5 Å². The first kappa shape index (κ1) is 27.4. The summed E-state index contributed by atoms with van der Waals surface area (Å²) < 4.78 is 17.8. The van der Waals surface area contributed by atoms with Gasteiger partial charge in [0.2, 0.25) is 5.91 Å². The van der Waals surface area contributed by atoms with Gasteiger partial charge in [0.25, 0.3) is 0 Å². The third-order valence-corrected chi connectivity index (χ3v) is 7.27. The number of hydrogen-bond acceptors (Lipinski definition) is 8. The van der Waals surface area contributed by atoms with Crippen molar-refractivity contribution in [3.8, 4) is 22.9 Å². The van der Waals surface area contributed by atoms with Crippen molar-refractivity contribution < 1.29 is 19.0 Å². The number of anilines is 2. The first-order valence-electron chi connectivity index (χ1n) is 13.7. The lowest BCUT2D eigenvalue weighted by Crippen LogP contribution is -2.29. The Balaban J connectivity index is 1.59. The minimum Gasteiger partial charge on any atom is -0.497 e. The number of carbonyl (C=O) groups is 1. The molecule has 2 aromatic heterocycles. The molecule has 4 aromatic rings. The smallest absolute Gasteiger partial charge is 0.225 e. The summed E-state index contributed by atoms with van der Waals surface area (Å²) in [6, 6.07) is 12.0. The average Bonchev–Trinajstić information content (AvgIpc) is 3.53.